The van der Waals surface area contributed by atoms with E-state index in [0.717, 1.165) is 29.4 Å². The monoisotopic (exact) mass is 520 g/mol. The zero-order chi connectivity index (χ0) is 26.5. The zero-order valence-corrected chi connectivity index (χ0v) is 21.2. The van der Waals surface area contributed by atoms with Gasteiger partial charge in [-0.15, -0.1) is 0 Å². The molecule has 10 heteroatoms. The Hall–Kier alpha value is -3.20. The summed E-state index contributed by atoms with van der Waals surface area (Å²) in [6.45, 7) is 6.85. The molecule has 0 aliphatic rings. The predicted octanol–water partition coefficient (Wildman–Crippen LogP) is 5.79. The number of aromatic nitrogens is 3. The van der Waals surface area contributed by atoms with Crippen LogP contribution in [0.1, 0.15) is 56.0 Å². The number of carbonyl (C=O) groups excluding carboxylic acids is 1. The van der Waals surface area contributed by atoms with Crippen LogP contribution >= 0.6 is 11.6 Å². The molecule has 0 fully saturated rings. The minimum atomic E-state index is -4.65. The molecule has 1 aromatic carbocycles. The summed E-state index contributed by atoms with van der Waals surface area (Å²) < 4.78 is 44.6. The summed E-state index contributed by atoms with van der Waals surface area (Å²) in [6.07, 6.45) is 1.11. The van der Waals surface area contributed by atoms with Crippen molar-refractivity contribution in [3.05, 3.63) is 82.5 Å². The van der Waals surface area contributed by atoms with Gasteiger partial charge in [-0.25, -0.2) is 9.97 Å². The maximum absolute atomic E-state index is 13.2. The Morgan fingerprint density at radius 3 is 2.42 bits per heavy atom. The van der Waals surface area contributed by atoms with Gasteiger partial charge in [-0.3, -0.25) is 9.78 Å². The van der Waals surface area contributed by atoms with E-state index in [4.69, 9.17) is 16.3 Å². The van der Waals surface area contributed by atoms with Gasteiger partial charge in [0.05, 0.1) is 0 Å². The first-order chi connectivity index (χ1) is 16.9. The summed E-state index contributed by atoms with van der Waals surface area (Å²) in [5.41, 5.74) is 0.410. The molecule has 1 N–H and O–H groups in total. The first-order valence-corrected chi connectivity index (χ1v) is 11.8. The van der Waals surface area contributed by atoms with Crippen LogP contribution in [0.3, 0.4) is 0 Å². The van der Waals surface area contributed by atoms with Gasteiger partial charge in [-0.05, 0) is 62.4 Å². The molecule has 6 nitrogen and oxygen atoms in total. The number of alkyl halides is 3. The quantitative estimate of drug-likeness (QED) is 0.386. The van der Waals surface area contributed by atoms with Crippen molar-refractivity contribution in [3.63, 3.8) is 0 Å². The van der Waals surface area contributed by atoms with E-state index < -0.39 is 23.4 Å². The van der Waals surface area contributed by atoms with Crippen LogP contribution in [0, 0.1) is 0 Å². The van der Waals surface area contributed by atoms with Crippen molar-refractivity contribution in [1.29, 1.82) is 0 Å². The van der Waals surface area contributed by atoms with Crippen LogP contribution in [0.2, 0.25) is 5.02 Å². The van der Waals surface area contributed by atoms with Gasteiger partial charge >= 0.3 is 6.18 Å². The number of hydrogen-bond donors (Lipinski definition) is 1. The van der Waals surface area contributed by atoms with Crippen molar-refractivity contribution < 1.29 is 22.7 Å². The molecule has 3 rings (SSSR count). The lowest BCUT2D eigenvalue weighted by Gasteiger charge is -2.30. The number of ether oxygens (including phenoxy) is 1. The van der Waals surface area contributed by atoms with E-state index in [-0.39, 0.29) is 17.8 Å². The molecule has 36 heavy (non-hydrogen) atoms. The molecule has 0 saturated carbocycles. The number of nitrogens with zero attached hydrogens (tertiary/aromatic N) is 3. The van der Waals surface area contributed by atoms with E-state index in [0.29, 0.717) is 17.5 Å². The van der Waals surface area contributed by atoms with Crippen LogP contribution in [0.4, 0.5) is 13.2 Å². The first-order valence-electron chi connectivity index (χ1n) is 11.5. The molecule has 2 heterocycles. The van der Waals surface area contributed by atoms with E-state index in [9.17, 15) is 18.0 Å². The normalized spacial score (nSPS) is 13.7. The van der Waals surface area contributed by atoms with E-state index in [1.807, 2.05) is 38.1 Å². The van der Waals surface area contributed by atoms with Gasteiger partial charge in [0, 0.05) is 35.4 Å². The highest BCUT2D eigenvalue weighted by Crippen LogP contribution is 2.30. The second kappa shape index (κ2) is 11.2. The summed E-state index contributed by atoms with van der Waals surface area (Å²) in [4.78, 5) is 24.5. The molecule has 192 valence electrons. The second-order valence-corrected chi connectivity index (χ2v) is 9.47. The summed E-state index contributed by atoms with van der Waals surface area (Å²) in [5, 5.41) is 3.60. The van der Waals surface area contributed by atoms with Crippen molar-refractivity contribution in [2.24, 2.45) is 0 Å². The zero-order valence-electron chi connectivity index (χ0n) is 20.4. The number of rotatable bonds is 9. The van der Waals surface area contributed by atoms with Gasteiger partial charge in [0.15, 0.2) is 11.3 Å². The third-order valence-electron chi connectivity index (χ3n) is 5.82. The Morgan fingerprint density at radius 2 is 1.78 bits per heavy atom. The SMILES string of the molecule is CCc1cncc(C(Cc2ccc(Cl)cc2)C(C)NC(=O)C(C)(C)Oc2cc(C(F)(F)F)ncn2)c1. The molecular weight excluding hydrogens is 493 g/mol. The Morgan fingerprint density at radius 1 is 1.08 bits per heavy atom. The number of nitrogens with one attached hydrogen (secondary N) is 1. The van der Waals surface area contributed by atoms with Crippen molar-refractivity contribution in [3.8, 4) is 5.88 Å². The number of amides is 1. The van der Waals surface area contributed by atoms with Crippen LogP contribution in [0.15, 0.2) is 55.1 Å². The molecule has 2 unspecified atom stereocenters. The van der Waals surface area contributed by atoms with Gasteiger partial charge in [0.25, 0.3) is 5.91 Å². The first kappa shape index (κ1) is 27.4. The minimum Gasteiger partial charge on any atom is -0.461 e. The van der Waals surface area contributed by atoms with Crippen molar-refractivity contribution >= 4 is 17.5 Å². The van der Waals surface area contributed by atoms with Crippen molar-refractivity contribution in [2.45, 2.75) is 64.3 Å². The minimum absolute atomic E-state index is 0.138. The molecule has 0 saturated heterocycles. The summed E-state index contributed by atoms with van der Waals surface area (Å²) in [6, 6.07) is 9.86. The topological polar surface area (TPSA) is 77.0 Å². The highest BCUT2D eigenvalue weighted by molar-refractivity contribution is 6.30. The molecule has 0 aliphatic heterocycles. The molecule has 0 spiro atoms. The number of pyridine rings is 1. The van der Waals surface area contributed by atoms with Crippen LogP contribution in [0.5, 0.6) is 5.88 Å². The van der Waals surface area contributed by atoms with Gasteiger partial charge in [0.2, 0.25) is 5.88 Å². The predicted molar refractivity (Wildman–Crippen MR) is 131 cm³/mol. The lowest BCUT2D eigenvalue weighted by Crippen LogP contribution is -2.51. The van der Waals surface area contributed by atoms with E-state index >= 15 is 0 Å². The summed E-state index contributed by atoms with van der Waals surface area (Å²) in [5.74, 6) is -0.980. The Bertz CT molecular complexity index is 1190. The average Bonchev–Trinajstić information content (AvgIpc) is 2.83. The molecule has 1 amide bonds. The molecular formula is C26H28ClF3N4O2. The second-order valence-electron chi connectivity index (χ2n) is 9.03. The average molecular weight is 521 g/mol. The van der Waals surface area contributed by atoms with E-state index in [1.54, 1.807) is 12.4 Å². The largest absolute Gasteiger partial charge is 0.461 e. The molecule has 3 aromatic rings. The fourth-order valence-corrected chi connectivity index (χ4v) is 3.83. The third-order valence-corrected chi connectivity index (χ3v) is 6.07. The number of carbonyl (C=O) groups is 1. The fourth-order valence-electron chi connectivity index (χ4n) is 3.70. The van der Waals surface area contributed by atoms with Gasteiger partial charge < -0.3 is 10.1 Å². The van der Waals surface area contributed by atoms with Crippen LogP contribution in [0.25, 0.3) is 0 Å². The Labute approximate surface area is 213 Å². The molecule has 0 bridgehead atoms. The standard InChI is InChI=1S/C26H28ClF3N4O2/c1-5-17-10-19(14-31-13-17)21(11-18-6-8-20(27)9-7-18)16(2)34-24(35)25(3,4)36-23-12-22(26(28,29)30)32-15-33-23/h6-10,12-16,21H,5,11H2,1-4H3,(H,34,35). The smallest absolute Gasteiger partial charge is 0.433 e. The molecule has 0 aliphatic carbocycles. The summed E-state index contributed by atoms with van der Waals surface area (Å²) in [7, 11) is 0. The summed E-state index contributed by atoms with van der Waals surface area (Å²) >= 11 is 6.04. The molecule has 2 aromatic heterocycles. The number of aryl methyl sites for hydroxylation is 1. The number of benzene rings is 1. The van der Waals surface area contributed by atoms with E-state index in [1.165, 1.54) is 13.8 Å². The van der Waals surface area contributed by atoms with Crippen LogP contribution < -0.4 is 10.1 Å². The third kappa shape index (κ3) is 7.16. The highest BCUT2D eigenvalue weighted by Gasteiger charge is 2.36. The lowest BCUT2D eigenvalue weighted by atomic mass is 9.86. The van der Waals surface area contributed by atoms with Crippen LogP contribution in [-0.4, -0.2) is 32.5 Å². The van der Waals surface area contributed by atoms with Gasteiger partial charge in [0.1, 0.15) is 6.33 Å². The Balaban J connectivity index is 1.81. The molecule has 2 atom stereocenters. The van der Waals surface area contributed by atoms with E-state index in [2.05, 4.69) is 26.3 Å². The number of halogens is 4. The maximum Gasteiger partial charge on any atom is 0.433 e. The van der Waals surface area contributed by atoms with Gasteiger partial charge in [-0.1, -0.05) is 36.7 Å². The lowest BCUT2D eigenvalue weighted by molar-refractivity contribution is -0.141. The number of hydrogen-bond acceptors (Lipinski definition) is 5. The molecule has 0 radical (unpaired) electrons. The van der Waals surface area contributed by atoms with Crippen LogP contribution in [-0.2, 0) is 23.8 Å². The van der Waals surface area contributed by atoms with Gasteiger partial charge in [-0.2, -0.15) is 13.2 Å². The Kier molecular flexibility index (Phi) is 8.55. The van der Waals surface area contributed by atoms with Crippen molar-refractivity contribution in [2.75, 3.05) is 0 Å². The van der Waals surface area contributed by atoms with Crippen molar-refractivity contribution in [1.82, 2.24) is 20.3 Å². The maximum atomic E-state index is 13.2. The highest BCUT2D eigenvalue weighted by atomic mass is 35.5. The fraction of sp³-hybridized carbons (Fsp3) is 0.385.